The van der Waals surface area contributed by atoms with E-state index in [1.54, 1.807) is 0 Å². The summed E-state index contributed by atoms with van der Waals surface area (Å²) in [4.78, 5) is 10.6. The van der Waals surface area contributed by atoms with Crippen LogP contribution in [0, 0.1) is 13.8 Å². The molecular weight excluding hydrogens is 202 g/mol. The van der Waals surface area contributed by atoms with Crippen molar-refractivity contribution in [2.24, 2.45) is 0 Å². The van der Waals surface area contributed by atoms with E-state index in [2.05, 4.69) is 34.3 Å². The third-order valence-electron chi connectivity index (χ3n) is 2.37. The van der Waals surface area contributed by atoms with Crippen molar-refractivity contribution in [3.8, 4) is 0 Å². The Kier molecular flexibility index (Phi) is 4.49. The van der Waals surface area contributed by atoms with Crippen LogP contribution in [0.3, 0.4) is 0 Å². The first kappa shape index (κ1) is 12.7. The number of hydrogen-bond donors (Lipinski definition) is 2. The van der Waals surface area contributed by atoms with E-state index in [1.165, 1.54) is 0 Å². The number of aromatic nitrogens is 2. The van der Waals surface area contributed by atoms with Crippen LogP contribution in [0.1, 0.15) is 17.8 Å². The molecule has 0 amide bonds. The van der Waals surface area contributed by atoms with Crippen molar-refractivity contribution in [1.82, 2.24) is 14.9 Å². The van der Waals surface area contributed by atoms with E-state index in [9.17, 15) is 0 Å². The van der Waals surface area contributed by atoms with Gasteiger partial charge in [-0.3, -0.25) is 0 Å². The number of nitrogen functional groups attached to an aromatic ring is 1. The second kappa shape index (κ2) is 5.65. The minimum Gasteiger partial charge on any atom is -0.383 e. The zero-order valence-corrected chi connectivity index (χ0v) is 10.5. The van der Waals surface area contributed by atoms with Crippen molar-refractivity contribution in [3.05, 3.63) is 11.4 Å². The van der Waals surface area contributed by atoms with Gasteiger partial charge in [-0.2, -0.15) is 0 Å². The summed E-state index contributed by atoms with van der Waals surface area (Å²) in [5, 5.41) is 3.29. The van der Waals surface area contributed by atoms with E-state index in [0.29, 0.717) is 11.6 Å². The minimum absolute atomic E-state index is 0.558. The average Bonchev–Trinajstić information content (AvgIpc) is 2.19. The summed E-state index contributed by atoms with van der Waals surface area (Å²) in [5.74, 6) is 2.12. The Morgan fingerprint density at radius 2 is 1.94 bits per heavy atom. The highest BCUT2D eigenvalue weighted by Gasteiger charge is 2.05. The third-order valence-corrected chi connectivity index (χ3v) is 2.37. The van der Waals surface area contributed by atoms with Gasteiger partial charge in [0.15, 0.2) is 0 Å². The molecule has 0 saturated carbocycles. The molecule has 1 rings (SSSR count). The molecule has 0 aromatic carbocycles. The predicted molar refractivity (Wildman–Crippen MR) is 67.6 cm³/mol. The number of nitrogens with two attached hydrogens (primary N) is 1. The van der Waals surface area contributed by atoms with Crippen LogP contribution in [-0.4, -0.2) is 42.1 Å². The molecule has 0 radical (unpaired) electrons. The molecule has 1 heterocycles. The summed E-state index contributed by atoms with van der Waals surface area (Å²) in [6.07, 6.45) is 1.08. The number of rotatable bonds is 5. The Morgan fingerprint density at radius 1 is 1.25 bits per heavy atom. The van der Waals surface area contributed by atoms with Crippen molar-refractivity contribution in [3.63, 3.8) is 0 Å². The van der Waals surface area contributed by atoms with Gasteiger partial charge in [0.1, 0.15) is 17.5 Å². The van der Waals surface area contributed by atoms with Crippen molar-refractivity contribution in [1.29, 1.82) is 0 Å². The van der Waals surface area contributed by atoms with Gasteiger partial charge >= 0.3 is 0 Å². The van der Waals surface area contributed by atoms with Crippen LogP contribution < -0.4 is 11.1 Å². The fraction of sp³-hybridized carbons (Fsp3) is 0.636. The van der Waals surface area contributed by atoms with Crippen LogP contribution in [-0.2, 0) is 0 Å². The third kappa shape index (κ3) is 3.66. The molecule has 0 atom stereocenters. The SMILES string of the molecule is Cc1nc(N)c(C)c(NCCCN(C)C)n1. The fourth-order valence-corrected chi connectivity index (χ4v) is 1.42. The molecule has 5 nitrogen and oxygen atoms in total. The normalized spacial score (nSPS) is 10.8. The van der Waals surface area contributed by atoms with E-state index in [0.717, 1.165) is 30.9 Å². The maximum absolute atomic E-state index is 5.77. The van der Waals surface area contributed by atoms with Crippen LogP contribution in [0.2, 0.25) is 0 Å². The molecular formula is C11H21N5. The molecule has 0 fully saturated rings. The second-order valence-corrected chi connectivity index (χ2v) is 4.21. The molecule has 16 heavy (non-hydrogen) atoms. The number of nitrogens with one attached hydrogen (secondary N) is 1. The van der Waals surface area contributed by atoms with E-state index < -0.39 is 0 Å². The summed E-state index contributed by atoms with van der Waals surface area (Å²) >= 11 is 0. The lowest BCUT2D eigenvalue weighted by molar-refractivity contribution is 0.405. The molecule has 0 bridgehead atoms. The van der Waals surface area contributed by atoms with Crippen LogP contribution >= 0.6 is 0 Å². The van der Waals surface area contributed by atoms with Gasteiger partial charge in [-0.15, -0.1) is 0 Å². The number of anilines is 2. The fourth-order valence-electron chi connectivity index (χ4n) is 1.42. The average molecular weight is 223 g/mol. The van der Waals surface area contributed by atoms with Crippen LogP contribution in [0.4, 0.5) is 11.6 Å². The summed E-state index contributed by atoms with van der Waals surface area (Å²) in [7, 11) is 4.14. The molecule has 0 saturated heterocycles. The summed E-state index contributed by atoms with van der Waals surface area (Å²) in [5.41, 5.74) is 6.70. The van der Waals surface area contributed by atoms with E-state index in [1.807, 2.05) is 13.8 Å². The van der Waals surface area contributed by atoms with Gasteiger partial charge in [0.25, 0.3) is 0 Å². The minimum atomic E-state index is 0.558. The zero-order chi connectivity index (χ0) is 12.1. The van der Waals surface area contributed by atoms with E-state index in [-0.39, 0.29) is 0 Å². The smallest absolute Gasteiger partial charge is 0.134 e. The van der Waals surface area contributed by atoms with Crippen molar-refractivity contribution >= 4 is 11.6 Å². The van der Waals surface area contributed by atoms with E-state index >= 15 is 0 Å². The van der Waals surface area contributed by atoms with Gasteiger partial charge in [0, 0.05) is 12.1 Å². The van der Waals surface area contributed by atoms with Gasteiger partial charge in [-0.1, -0.05) is 0 Å². The van der Waals surface area contributed by atoms with Gasteiger partial charge in [0.2, 0.25) is 0 Å². The first-order chi connectivity index (χ1) is 7.50. The highest BCUT2D eigenvalue weighted by atomic mass is 15.1. The Morgan fingerprint density at radius 3 is 2.56 bits per heavy atom. The maximum Gasteiger partial charge on any atom is 0.134 e. The van der Waals surface area contributed by atoms with E-state index in [4.69, 9.17) is 5.73 Å². The monoisotopic (exact) mass is 223 g/mol. The molecule has 0 aliphatic carbocycles. The van der Waals surface area contributed by atoms with Gasteiger partial charge in [0.05, 0.1) is 0 Å². The molecule has 1 aromatic heterocycles. The molecule has 0 spiro atoms. The van der Waals surface area contributed by atoms with Crippen LogP contribution in [0.25, 0.3) is 0 Å². The molecule has 1 aromatic rings. The lowest BCUT2D eigenvalue weighted by atomic mass is 10.3. The Hall–Kier alpha value is -1.36. The Balaban J connectivity index is 2.53. The number of nitrogens with zero attached hydrogens (tertiary/aromatic N) is 3. The lowest BCUT2D eigenvalue weighted by Crippen LogP contribution is -2.17. The predicted octanol–water partition coefficient (Wildman–Crippen LogP) is 1.04. The largest absolute Gasteiger partial charge is 0.383 e. The highest BCUT2D eigenvalue weighted by molar-refractivity contribution is 5.54. The van der Waals surface area contributed by atoms with Crippen LogP contribution in [0.5, 0.6) is 0 Å². The van der Waals surface area contributed by atoms with Gasteiger partial charge < -0.3 is 16.0 Å². The highest BCUT2D eigenvalue weighted by Crippen LogP contribution is 2.16. The number of aryl methyl sites for hydroxylation is 1. The summed E-state index contributed by atoms with van der Waals surface area (Å²) < 4.78 is 0. The standard InChI is InChI=1S/C11H21N5/c1-8-10(12)14-9(2)15-11(8)13-6-5-7-16(3)4/h5-7H2,1-4H3,(H3,12,13,14,15). The molecule has 5 heteroatoms. The van der Waals surface area contributed by atoms with Crippen LogP contribution in [0.15, 0.2) is 0 Å². The molecule has 3 N–H and O–H groups in total. The number of hydrogen-bond acceptors (Lipinski definition) is 5. The molecule has 0 unspecified atom stereocenters. The Labute approximate surface area is 97.1 Å². The van der Waals surface area contributed by atoms with Crippen molar-refractivity contribution < 1.29 is 0 Å². The molecule has 0 aliphatic rings. The summed E-state index contributed by atoms with van der Waals surface area (Å²) in [6.45, 7) is 5.74. The second-order valence-electron chi connectivity index (χ2n) is 4.21. The van der Waals surface area contributed by atoms with Gasteiger partial charge in [-0.25, -0.2) is 9.97 Å². The lowest BCUT2D eigenvalue weighted by Gasteiger charge is -2.12. The van der Waals surface area contributed by atoms with Crippen molar-refractivity contribution in [2.75, 3.05) is 38.2 Å². The molecule has 90 valence electrons. The van der Waals surface area contributed by atoms with Gasteiger partial charge in [-0.05, 0) is 40.9 Å². The maximum atomic E-state index is 5.77. The molecule has 0 aliphatic heterocycles. The zero-order valence-electron chi connectivity index (χ0n) is 10.5. The topological polar surface area (TPSA) is 67.1 Å². The quantitative estimate of drug-likeness (QED) is 0.730. The Bertz CT molecular complexity index is 348. The van der Waals surface area contributed by atoms with Crippen molar-refractivity contribution in [2.45, 2.75) is 20.3 Å². The first-order valence-corrected chi connectivity index (χ1v) is 5.50. The summed E-state index contributed by atoms with van der Waals surface area (Å²) in [6, 6.07) is 0. The first-order valence-electron chi connectivity index (χ1n) is 5.50.